The number of hydrogen-bond donors (Lipinski definition) is 0. The van der Waals surface area contributed by atoms with Gasteiger partial charge in [-0.3, -0.25) is 4.79 Å². The van der Waals surface area contributed by atoms with Crippen LogP contribution in [0.4, 0.5) is 4.39 Å². The Morgan fingerprint density at radius 2 is 2.00 bits per heavy atom. The van der Waals surface area contributed by atoms with E-state index >= 15 is 0 Å². The maximum absolute atomic E-state index is 13.0. The summed E-state index contributed by atoms with van der Waals surface area (Å²) in [6.07, 6.45) is 10.2. The summed E-state index contributed by atoms with van der Waals surface area (Å²) in [6, 6.07) is 6.12. The lowest BCUT2D eigenvalue weighted by Gasteiger charge is -2.08. The van der Waals surface area contributed by atoms with E-state index in [1.807, 2.05) is 12.2 Å². The van der Waals surface area contributed by atoms with Crippen LogP contribution in [0.3, 0.4) is 0 Å². The third kappa shape index (κ3) is 2.20. The minimum absolute atomic E-state index is 0.284. The van der Waals surface area contributed by atoms with E-state index in [1.54, 1.807) is 23.0 Å². The number of carbonyl (C=O) groups excluding carboxylic acids is 1. The van der Waals surface area contributed by atoms with E-state index in [2.05, 4.69) is 11.2 Å². The van der Waals surface area contributed by atoms with E-state index < -0.39 is 0 Å². The number of aromatic nitrogens is 2. The molecule has 0 radical (unpaired) electrons. The Bertz CT molecular complexity index is 696. The highest BCUT2D eigenvalue weighted by molar-refractivity contribution is 6.08. The molecule has 3 nitrogen and oxygen atoms in total. The number of aldehydes is 1. The molecule has 1 heterocycles. The van der Waals surface area contributed by atoms with Gasteiger partial charge >= 0.3 is 0 Å². The molecule has 0 fully saturated rings. The highest BCUT2D eigenvalue weighted by Gasteiger charge is 2.14. The lowest BCUT2D eigenvalue weighted by atomic mass is 10.0. The largest absolute Gasteiger partial charge is 0.298 e. The predicted molar refractivity (Wildman–Crippen MR) is 75.8 cm³/mol. The van der Waals surface area contributed by atoms with Crippen molar-refractivity contribution in [1.82, 2.24) is 9.78 Å². The number of halogens is 1. The lowest BCUT2D eigenvalue weighted by molar-refractivity contribution is -0.103. The Balaban J connectivity index is 2.15. The van der Waals surface area contributed by atoms with Gasteiger partial charge in [-0.05, 0) is 43.2 Å². The zero-order valence-corrected chi connectivity index (χ0v) is 10.8. The summed E-state index contributed by atoms with van der Waals surface area (Å²) < 4.78 is 14.7. The summed E-state index contributed by atoms with van der Waals surface area (Å²) in [7, 11) is 0. The maximum Gasteiger partial charge on any atom is 0.150 e. The second-order valence-corrected chi connectivity index (χ2v) is 4.59. The molecule has 0 bridgehead atoms. The number of allylic oxidation sites excluding steroid dienone is 3. The Labute approximate surface area is 116 Å². The van der Waals surface area contributed by atoms with Crippen LogP contribution in [0.2, 0.25) is 0 Å². The number of carbonyl (C=O) groups is 1. The SMILES string of the molecule is O=CC1=CCCC=Cc2c1cnn2-c1ccc(F)cc1. The predicted octanol–water partition coefficient (Wildman–Crippen LogP) is 3.40. The van der Waals surface area contributed by atoms with E-state index in [9.17, 15) is 9.18 Å². The normalized spacial score (nSPS) is 14.2. The van der Waals surface area contributed by atoms with Crippen LogP contribution < -0.4 is 0 Å². The fourth-order valence-corrected chi connectivity index (χ4v) is 2.28. The van der Waals surface area contributed by atoms with Gasteiger partial charge in [0.25, 0.3) is 0 Å². The van der Waals surface area contributed by atoms with Crippen LogP contribution in [-0.2, 0) is 4.79 Å². The third-order valence-electron chi connectivity index (χ3n) is 3.29. The van der Waals surface area contributed by atoms with Crippen molar-refractivity contribution in [2.24, 2.45) is 0 Å². The van der Waals surface area contributed by atoms with Crippen molar-refractivity contribution in [3.8, 4) is 5.69 Å². The van der Waals surface area contributed by atoms with Crippen LogP contribution in [0.15, 0.2) is 42.6 Å². The second-order valence-electron chi connectivity index (χ2n) is 4.59. The van der Waals surface area contributed by atoms with Gasteiger partial charge in [-0.25, -0.2) is 9.07 Å². The van der Waals surface area contributed by atoms with Gasteiger partial charge < -0.3 is 0 Å². The molecule has 0 aliphatic heterocycles. The minimum atomic E-state index is -0.284. The average molecular weight is 268 g/mol. The highest BCUT2D eigenvalue weighted by atomic mass is 19.1. The Kier molecular flexibility index (Phi) is 3.29. The first kappa shape index (κ1) is 12.5. The molecule has 1 aliphatic carbocycles. The Hall–Kier alpha value is -2.49. The Morgan fingerprint density at radius 3 is 2.75 bits per heavy atom. The zero-order valence-electron chi connectivity index (χ0n) is 10.8. The van der Waals surface area contributed by atoms with Crippen LogP contribution >= 0.6 is 0 Å². The quantitative estimate of drug-likeness (QED) is 0.782. The zero-order chi connectivity index (χ0) is 13.9. The molecular formula is C16H13FN2O. The summed E-state index contributed by atoms with van der Waals surface area (Å²) >= 11 is 0. The standard InChI is InChI=1S/C16H13FN2O/c17-13-6-8-14(9-7-13)19-16-5-3-1-2-4-12(11-20)15(16)10-18-19/h3-11H,1-2H2. The first-order valence-corrected chi connectivity index (χ1v) is 6.46. The van der Waals surface area contributed by atoms with Crippen molar-refractivity contribution in [3.05, 3.63) is 59.7 Å². The molecule has 0 unspecified atom stereocenters. The summed E-state index contributed by atoms with van der Waals surface area (Å²) in [5, 5.41) is 4.32. The molecular weight excluding hydrogens is 255 g/mol. The first-order valence-electron chi connectivity index (χ1n) is 6.46. The highest BCUT2D eigenvalue weighted by Crippen LogP contribution is 2.25. The van der Waals surface area contributed by atoms with E-state index in [-0.39, 0.29) is 5.82 Å². The fraction of sp³-hybridized carbons (Fsp3) is 0.125. The molecule has 0 spiro atoms. The molecule has 100 valence electrons. The monoisotopic (exact) mass is 268 g/mol. The van der Waals surface area contributed by atoms with Crippen molar-refractivity contribution >= 4 is 17.9 Å². The second kappa shape index (κ2) is 5.25. The summed E-state index contributed by atoms with van der Waals surface area (Å²) in [5.74, 6) is -0.284. The van der Waals surface area contributed by atoms with Crippen LogP contribution in [0.5, 0.6) is 0 Å². The molecule has 0 amide bonds. The van der Waals surface area contributed by atoms with Crippen molar-refractivity contribution in [2.45, 2.75) is 12.8 Å². The number of rotatable bonds is 2. The third-order valence-corrected chi connectivity index (χ3v) is 3.29. The molecule has 0 N–H and O–H groups in total. The van der Waals surface area contributed by atoms with E-state index in [0.717, 1.165) is 36.1 Å². The summed E-state index contributed by atoms with van der Waals surface area (Å²) in [5.41, 5.74) is 3.07. The Morgan fingerprint density at radius 1 is 1.20 bits per heavy atom. The molecule has 4 heteroatoms. The van der Waals surface area contributed by atoms with Gasteiger partial charge in [-0.2, -0.15) is 5.10 Å². The molecule has 1 aromatic carbocycles. The van der Waals surface area contributed by atoms with Gasteiger partial charge in [-0.15, -0.1) is 0 Å². The first-order chi connectivity index (χ1) is 9.79. The molecule has 1 aromatic heterocycles. The van der Waals surface area contributed by atoms with Crippen LogP contribution in [0.1, 0.15) is 24.1 Å². The van der Waals surface area contributed by atoms with Gasteiger partial charge in [-0.1, -0.05) is 12.2 Å². The van der Waals surface area contributed by atoms with E-state index in [0.29, 0.717) is 5.57 Å². The molecule has 2 aromatic rings. The summed E-state index contributed by atoms with van der Waals surface area (Å²) in [4.78, 5) is 11.2. The van der Waals surface area contributed by atoms with E-state index in [1.165, 1.54) is 12.1 Å². The van der Waals surface area contributed by atoms with Crippen molar-refractivity contribution in [3.63, 3.8) is 0 Å². The molecule has 3 rings (SSSR count). The molecule has 0 saturated heterocycles. The van der Waals surface area contributed by atoms with Gasteiger partial charge in [0.15, 0.2) is 0 Å². The average Bonchev–Trinajstić information content (AvgIpc) is 2.83. The van der Waals surface area contributed by atoms with Crippen LogP contribution in [0, 0.1) is 5.82 Å². The van der Waals surface area contributed by atoms with Crippen molar-refractivity contribution in [1.29, 1.82) is 0 Å². The molecule has 1 aliphatic rings. The van der Waals surface area contributed by atoms with Crippen LogP contribution in [-0.4, -0.2) is 16.1 Å². The van der Waals surface area contributed by atoms with Gasteiger partial charge in [0.2, 0.25) is 0 Å². The smallest absolute Gasteiger partial charge is 0.150 e. The molecule has 0 saturated carbocycles. The van der Waals surface area contributed by atoms with Crippen molar-refractivity contribution < 1.29 is 9.18 Å². The van der Waals surface area contributed by atoms with Gasteiger partial charge in [0.05, 0.1) is 17.6 Å². The minimum Gasteiger partial charge on any atom is -0.298 e. The fourth-order valence-electron chi connectivity index (χ4n) is 2.28. The number of fused-ring (bicyclic) bond motifs is 1. The van der Waals surface area contributed by atoms with Crippen LogP contribution in [0.25, 0.3) is 17.3 Å². The number of benzene rings is 1. The lowest BCUT2D eigenvalue weighted by Crippen LogP contribution is -2.00. The summed E-state index contributed by atoms with van der Waals surface area (Å²) in [6.45, 7) is 0. The molecule has 20 heavy (non-hydrogen) atoms. The topological polar surface area (TPSA) is 34.9 Å². The van der Waals surface area contributed by atoms with E-state index in [4.69, 9.17) is 0 Å². The van der Waals surface area contributed by atoms with Gasteiger partial charge in [0.1, 0.15) is 12.1 Å². The molecule has 0 atom stereocenters. The number of nitrogens with zero attached hydrogens (tertiary/aromatic N) is 2. The van der Waals surface area contributed by atoms with Crippen molar-refractivity contribution in [2.75, 3.05) is 0 Å². The van der Waals surface area contributed by atoms with Gasteiger partial charge in [0, 0.05) is 11.1 Å². The maximum atomic E-state index is 13.0. The number of hydrogen-bond acceptors (Lipinski definition) is 2.